The summed E-state index contributed by atoms with van der Waals surface area (Å²) < 4.78 is 12.0. The van der Waals surface area contributed by atoms with Gasteiger partial charge in [0.25, 0.3) is 0 Å². The van der Waals surface area contributed by atoms with Crippen molar-refractivity contribution in [2.24, 2.45) is 0 Å². The minimum atomic E-state index is -0.0156. The van der Waals surface area contributed by atoms with Crippen LogP contribution in [0, 0.1) is 11.3 Å². The Bertz CT molecular complexity index is 1380. The summed E-state index contributed by atoms with van der Waals surface area (Å²) in [7, 11) is 0. The summed E-state index contributed by atoms with van der Waals surface area (Å²) in [5.41, 5.74) is 5.98. The number of rotatable bonds is 4. The monoisotopic (exact) mass is 451 g/mol. The van der Waals surface area contributed by atoms with E-state index < -0.39 is 0 Å². The van der Waals surface area contributed by atoms with Crippen molar-refractivity contribution < 1.29 is 9.47 Å². The van der Waals surface area contributed by atoms with Crippen molar-refractivity contribution in [2.45, 2.75) is 25.4 Å². The second-order valence-electron chi connectivity index (χ2n) is 8.81. The first kappa shape index (κ1) is 20.7. The van der Waals surface area contributed by atoms with Gasteiger partial charge in [-0.25, -0.2) is 4.98 Å². The third kappa shape index (κ3) is 3.87. The van der Waals surface area contributed by atoms with E-state index in [1.807, 2.05) is 42.6 Å². The number of nitrogens with one attached hydrogen (secondary N) is 1. The second-order valence-corrected chi connectivity index (χ2v) is 8.81. The Hall–Kier alpha value is -3.89. The highest BCUT2D eigenvalue weighted by Gasteiger charge is 2.23. The highest BCUT2D eigenvalue weighted by atomic mass is 16.5. The number of nitriles is 1. The van der Waals surface area contributed by atoms with E-state index in [2.05, 4.69) is 38.3 Å². The maximum absolute atomic E-state index is 9.23. The van der Waals surface area contributed by atoms with E-state index in [1.54, 1.807) is 0 Å². The molecule has 2 aromatic heterocycles. The molecule has 3 heterocycles. The van der Waals surface area contributed by atoms with E-state index in [0.717, 1.165) is 79.3 Å². The van der Waals surface area contributed by atoms with Crippen LogP contribution < -0.4 is 9.64 Å². The van der Waals surface area contributed by atoms with E-state index >= 15 is 0 Å². The topological polar surface area (TPSA) is 87.1 Å². The minimum Gasteiger partial charge on any atom is -0.486 e. The summed E-state index contributed by atoms with van der Waals surface area (Å²) >= 11 is 0. The molecule has 0 saturated carbocycles. The number of morpholine rings is 1. The number of ether oxygens (including phenoxy) is 2. The van der Waals surface area contributed by atoms with Gasteiger partial charge < -0.3 is 14.4 Å². The SMILES string of the molecule is N#Cc1ccc2c(c1)CCC[C@@H]2Oc1ccc2[nH]nc(-c3ccnc(N4CCOCC4)c3)c2c1. The number of fused-ring (bicyclic) bond motifs is 2. The molecule has 1 fully saturated rings. The van der Waals surface area contributed by atoms with Crippen molar-refractivity contribution in [3.63, 3.8) is 0 Å². The minimum absolute atomic E-state index is 0.0156. The molecule has 6 rings (SSSR count). The van der Waals surface area contributed by atoms with E-state index in [0.29, 0.717) is 5.56 Å². The number of aromatic nitrogens is 3. The molecule has 0 amide bonds. The summed E-state index contributed by atoms with van der Waals surface area (Å²) in [6.07, 6.45) is 4.83. The fourth-order valence-corrected chi connectivity index (χ4v) is 4.94. The Kier molecular flexibility index (Phi) is 5.36. The first-order valence-electron chi connectivity index (χ1n) is 11.8. The lowest BCUT2D eigenvalue weighted by Crippen LogP contribution is -2.36. The first-order chi connectivity index (χ1) is 16.8. The van der Waals surface area contributed by atoms with Crippen molar-refractivity contribution in [3.8, 4) is 23.1 Å². The van der Waals surface area contributed by atoms with Crippen molar-refractivity contribution in [1.82, 2.24) is 15.2 Å². The zero-order chi connectivity index (χ0) is 22.9. The van der Waals surface area contributed by atoms with E-state index in [9.17, 15) is 5.26 Å². The predicted molar refractivity (Wildman–Crippen MR) is 130 cm³/mol. The predicted octanol–water partition coefficient (Wildman–Crippen LogP) is 4.79. The molecule has 1 aliphatic carbocycles. The van der Waals surface area contributed by atoms with Gasteiger partial charge in [-0.2, -0.15) is 10.4 Å². The van der Waals surface area contributed by atoms with Gasteiger partial charge in [0.2, 0.25) is 0 Å². The number of hydrogen-bond donors (Lipinski definition) is 1. The van der Waals surface area contributed by atoms with Gasteiger partial charge in [0.15, 0.2) is 0 Å². The lowest BCUT2D eigenvalue weighted by Gasteiger charge is -2.27. The largest absolute Gasteiger partial charge is 0.486 e. The van der Waals surface area contributed by atoms with Gasteiger partial charge in [-0.1, -0.05) is 6.07 Å². The third-order valence-corrected chi connectivity index (χ3v) is 6.70. The number of pyridine rings is 1. The number of H-pyrrole nitrogens is 1. The number of hydrogen-bond acceptors (Lipinski definition) is 6. The van der Waals surface area contributed by atoms with Crippen LogP contribution in [0.2, 0.25) is 0 Å². The molecule has 0 unspecified atom stereocenters. The van der Waals surface area contributed by atoms with E-state index in [1.165, 1.54) is 11.1 Å². The molecule has 2 aliphatic rings. The number of benzene rings is 2. The number of anilines is 1. The van der Waals surface area contributed by atoms with E-state index in [4.69, 9.17) is 9.47 Å². The quantitative estimate of drug-likeness (QED) is 0.480. The van der Waals surface area contributed by atoms with E-state index in [-0.39, 0.29) is 6.10 Å². The van der Waals surface area contributed by atoms with Crippen molar-refractivity contribution in [2.75, 3.05) is 31.2 Å². The Balaban J connectivity index is 1.31. The average molecular weight is 452 g/mol. The smallest absolute Gasteiger partial charge is 0.129 e. The molecule has 1 saturated heterocycles. The standard InChI is InChI=1S/C27H25N5O2/c28-17-18-4-6-22-19(14-18)2-1-3-25(22)34-21-5-7-24-23(16-21)27(31-30-24)20-8-9-29-26(15-20)32-10-12-33-13-11-32/h4-9,14-16,25H,1-3,10-13H2,(H,30,31)/t25-/m0/s1. The Morgan fingerprint density at radius 3 is 2.88 bits per heavy atom. The number of aromatic amines is 1. The second kappa shape index (κ2) is 8.81. The lowest BCUT2D eigenvalue weighted by molar-refractivity contribution is 0.122. The fourth-order valence-electron chi connectivity index (χ4n) is 4.94. The molecule has 1 atom stereocenters. The highest BCUT2D eigenvalue weighted by molar-refractivity contribution is 5.94. The van der Waals surface area contributed by atoms with Crippen LogP contribution in [0.25, 0.3) is 22.2 Å². The summed E-state index contributed by atoms with van der Waals surface area (Å²) in [5.74, 6) is 1.76. The Morgan fingerprint density at radius 2 is 2.00 bits per heavy atom. The van der Waals surface area contributed by atoms with Gasteiger partial charge in [0.1, 0.15) is 23.4 Å². The van der Waals surface area contributed by atoms with Gasteiger partial charge in [-0.15, -0.1) is 0 Å². The maximum atomic E-state index is 9.23. The van der Waals surface area contributed by atoms with Gasteiger partial charge >= 0.3 is 0 Å². The molecule has 0 spiro atoms. The molecule has 170 valence electrons. The average Bonchev–Trinajstić information content (AvgIpc) is 3.32. The van der Waals surface area contributed by atoms with Crippen molar-refractivity contribution in [3.05, 3.63) is 71.4 Å². The number of nitrogens with zero attached hydrogens (tertiary/aromatic N) is 4. The van der Waals surface area contributed by atoms with Crippen molar-refractivity contribution in [1.29, 1.82) is 5.26 Å². The molecule has 0 bridgehead atoms. The summed E-state index contributed by atoms with van der Waals surface area (Å²) in [4.78, 5) is 6.81. The molecule has 2 aromatic carbocycles. The molecular weight excluding hydrogens is 426 g/mol. The fraction of sp³-hybridized carbons (Fsp3) is 0.296. The van der Waals surface area contributed by atoms with Gasteiger partial charge in [-0.3, -0.25) is 5.10 Å². The van der Waals surface area contributed by atoms with Crippen LogP contribution in [0.1, 0.15) is 35.6 Å². The van der Waals surface area contributed by atoms with Crippen LogP contribution in [0.3, 0.4) is 0 Å². The molecule has 7 nitrogen and oxygen atoms in total. The van der Waals surface area contributed by atoms with Gasteiger partial charge in [-0.05, 0) is 72.9 Å². The Labute approximate surface area is 197 Å². The molecule has 1 aliphatic heterocycles. The van der Waals surface area contributed by atoms with Gasteiger partial charge in [0, 0.05) is 30.2 Å². The molecular formula is C27H25N5O2. The molecule has 7 heteroatoms. The molecule has 0 radical (unpaired) electrons. The van der Waals surface area contributed by atoms with Crippen molar-refractivity contribution >= 4 is 16.7 Å². The van der Waals surface area contributed by atoms with Crippen LogP contribution in [-0.2, 0) is 11.2 Å². The third-order valence-electron chi connectivity index (χ3n) is 6.70. The van der Waals surface area contributed by atoms with Gasteiger partial charge in [0.05, 0.1) is 30.4 Å². The normalized spacial score (nSPS) is 17.9. The van der Waals surface area contributed by atoms with Crippen LogP contribution in [-0.4, -0.2) is 41.5 Å². The summed E-state index contributed by atoms with van der Waals surface area (Å²) in [6.45, 7) is 3.13. The maximum Gasteiger partial charge on any atom is 0.129 e. The summed E-state index contributed by atoms with van der Waals surface area (Å²) in [5, 5.41) is 18.0. The molecule has 1 N–H and O–H groups in total. The van der Waals surface area contributed by atoms with Crippen LogP contribution in [0.5, 0.6) is 5.75 Å². The number of aryl methyl sites for hydroxylation is 1. The zero-order valence-corrected chi connectivity index (χ0v) is 18.8. The molecule has 4 aromatic rings. The Morgan fingerprint density at radius 1 is 1.09 bits per heavy atom. The van der Waals surface area contributed by atoms with Crippen LogP contribution >= 0.6 is 0 Å². The molecule has 34 heavy (non-hydrogen) atoms. The summed E-state index contributed by atoms with van der Waals surface area (Å²) in [6, 6.07) is 18.3. The van der Waals surface area contributed by atoms with Crippen LogP contribution in [0.4, 0.5) is 5.82 Å². The lowest BCUT2D eigenvalue weighted by atomic mass is 9.88. The first-order valence-corrected chi connectivity index (χ1v) is 11.8. The highest BCUT2D eigenvalue weighted by Crippen LogP contribution is 2.36. The van der Waals surface area contributed by atoms with Crippen LogP contribution in [0.15, 0.2) is 54.7 Å². The zero-order valence-electron chi connectivity index (χ0n) is 18.8.